The first kappa shape index (κ1) is 15.5. The van der Waals surface area contributed by atoms with E-state index in [1.165, 1.54) is 44.9 Å². The Morgan fingerprint density at radius 3 is 2.61 bits per heavy atom. The van der Waals surface area contributed by atoms with Crippen LogP contribution in [0.25, 0.3) is 0 Å². The van der Waals surface area contributed by atoms with Gasteiger partial charge in [-0.2, -0.15) is 0 Å². The van der Waals surface area contributed by atoms with Crippen LogP contribution in [0.2, 0.25) is 0 Å². The Balaban J connectivity index is 2.03. The molecule has 1 saturated carbocycles. The highest BCUT2D eigenvalue weighted by Gasteiger charge is 2.26. The van der Waals surface area contributed by atoms with Gasteiger partial charge in [-0.05, 0) is 31.7 Å². The predicted octanol–water partition coefficient (Wildman–Crippen LogP) is 2.98. The van der Waals surface area contributed by atoms with E-state index in [2.05, 4.69) is 12.2 Å². The molecule has 1 rings (SSSR count). The summed E-state index contributed by atoms with van der Waals surface area (Å²) in [6.07, 6.45) is 11.6. The first-order valence-corrected chi connectivity index (χ1v) is 7.77. The fraction of sp³-hybridized carbons (Fsp3) is 0.933. The molecule has 1 amide bonds. The van der Waals surface area contributed by atoms with Crippen LogP contribution in [-0.2, 0) is 4.79 Å². The molecule has 0 radical (unpaired) electrons. The number of rotatable bonds is 9. The second-order valence-corrected chi connectivity index (χ2v) is 5.62. The van der Waals surface area contributed by atoms with Gasteiger partial charge in [-0.1, -0.05) is 45.4 Å². The molecule has 0 spiro atoms. The standard InChI is InChI=1S/C15H30N2O/c1-2-3-4-5-6-7-11-15(18)17-14-10-8-9-13(14)12-16/h13-14H,2-12,16H2,1H3,(H,17,18). The normalized spacial score (nSPS) is 23.2. The van der Waals surface area contributed by atoms with Gasteiger partial charge in [0.1, 0.15) is 0 Å². The van der Waals surface area contributed by atoms with E-state index in [-0.39, 0.29) is 5.91 Å². The summed E-state index contributed by atoms with van der Waals surface area (Å²) in [6, 6.07) is 0.350. The highest BCUT2D eigenvalue weighted by atomic mass is 16.1. The lowest BCUT2D eigenvalue weighted by molar-refractivity contribution is -0.122. The Morgan fingerprint density at radius 2 is 1.89 bits per heavy atom. The van der Waals surface area contributed by atoms with Crippen molar-refractivity contribution in [1.82, 2.24) is 5.32 Å². The summed E-state index contributed by atoms with van der Waals surface area (Å²) in [6.45, 7) is 2.94. The van der Waals surface area contributed by atoms with Crippen LogP contribution in [-0.4, -0.2) is 18.5 Å². The van der Waals surface area contributed by atoms with Crippen molar-refractivity contribution >= 4 is 5.91 Å². The van der Waals surface area contributed by atoms with Crippen molar-refractivity contribution in [1.29, 1.82) is 0 Å². The second-order valence-electron chi connectivity index (χ2n) is 5.62. The van der Waals surface area contributed by atoms with Gasteiger partial charge in [0.25, 0.3) is 0 Å². The molecule has 0 saturated heterocycles. The van der Waals surface area contributed by atoms with Crippen molar-refractivity contribution in [2.45, 2.75) is 77.2 Å². The molecule has 0 aromatic rings. The van der Waals surface area contributed by atoms with Gasteiger partial charge >= 0.3 is 0 Å². The van der Waals surface area contributed by atoms with E-state index in [0.717, 1.165) is 12.8 Å². The van der Waals surface area contributed by atoms with Crippen LogP contribution in [0.15, 0.2) is 0 Å². The van der Waals surface area contributed by atoms with E-state index in [1.807, 2.05) is 0 Å². The summed E-state index contributed by atoms with van der Waals surface area (Å²) < 4.78 is 0. The molecule has 2 unspecified atom stereocenters. The molecule has 3 heteroatoms. The van der Waals surface area contributed by atoms with E-state index in [4.69, 9.17) is 5.73 Å². The van der Waals surface area contributed by atoms with Crippen LogP contribution >= 0.6 is 0 Å². The van der Waals surface area contributed by atoms with E-state index < -0.39 is 0 Å². The third kappa shape index (κ3) is 5.85. The molecule has 0 bridgehead atoms. The zero-order valence-electron chi connectivity index (χ0n) is 11.9. The third-order valence-corrected chi connectivity index (χ3v) is 4.07. The van der Waals surface area contributed by atoms with Gasteiger partial charge in [0, 0.05) is 12.5 Å². The van der Waals surface area contributed by atoms with Crippen molar-refractivity contribution in [2.24, 2.45) is 11.7 Å². The lowest BCUT2D eigenvalue weighted by Gasteiger charge is -2.19. The molecule has 0 aromatic heterocycles. The van der Waals surface area contributed by atoms with E-state index in [0.29, 0.717) is 24.9 Å². The second kappa shape index (κ2) is 9.37. The minimum absolute atomic E-state index is 0.232. The van der Waals surface area contributed by atoms with Gasteiger partial charge in [0.2, 0.25) is 5.91 Å². The van der Waals surface area contributed by atoms with Crippen molar-refractivity contribution < 1.29 is 4.79 Å². The van der Waals surface area contributed by atoms with Gasteiger partial charge in [-0.15, -0.1) is 0 Å². The van der Waals surface area contributed by atoms with Gasteiger partial charge in [-0.25, -0.2) is 0 Å². The Morgan fingerprint density at radius 1 is 1.17 bits per heavy atom. The summed E-state index contributed by atoms with van der Waals surface area (Å²) in [7, 11) is 0. The maximum Gasteiger partial charge on any atom is 0.220 e. The summed E-state index contributed by atoms with van der Waals surface area (Å²) in [4.78, 5) is 11.8. The minimum atomic E-state index is 0.232. The highest BCUT2D eigenvalue weighted by Crippen LogP contribution is 2.24. The maximum absolute atomic E-state index is 11.8. The van der Waals surface area contributed by atoms with E-state index >= 15 is 0 Å². The number of hydrogen-bond acceptors (Lipinski definition) is 2. The summed E-state index contributed by atoms with van der Waals surface area (Å²) in [5.41, 5.74) is 5.72. The average molecular weight is 254 g/mol. The topological polar surface area (TPSA) is 55.1 Å². The quantitative estimate of drug-likeness (QED) is 0.621. The monoisotopic (exact) mass is 254 g/mol. The van der Waals surface area contributed by atoms with Crippen LogP contribution in [0.5, 0.6) is 0 Å². The smallest absolute Gasteiger partial charge is 0.220 e. The molecule has 18 heavy (non-hydrogen) atoms. The number of nitrogens with one attached hydrogen (secondary N) is 1. The molecule has 0 aromatic carbocycles. The summed E-state index contributed by atoms with van der Waals surface area (Å²) in [5.74, 6) is 0.745. The molecule has 106 valence electrons. The molecule has 2 atom stereocenters. The molecule has 3 nitrogen and oxygen atoms in total. The molecular weight excluding hydrogens is 224 g/mol. The van der Waals surface area contributed by atoms with Crippen LogP contribution in [0, 0.1) is 5.92 Å². The number of carbonyl (C=O) groups excluding carboxylic acids is 1. The zero-order valence-corrected chi connectivity index (χ0v) is 11.9. The fourth-order valence-electron chi connectivity index (χ4n) is 2.85. The van der Waals surface area contributed by atoms with Crippen molar-refractivity contribution in [3.63, 3.8) is 0 Å². The SMILES string of the molecule is CCCCCCCCC(=O)NC1CCCC1CN. The first-order chi connectivity index (χ1) is 8.77. The first-order valence-electron chi connectivity index (χ1n) is 7.77. The Kier molecular flexibility index (Phi) is 8.06. The van der Waals surface area contributed by atoms with Crippen molar-refractivity contribution in [3.8, 4) is 0 Å². The largest absolute Gasteiger partial charge is 0.353 e. The summed E-state index contributed by atoms with van der Waals surface area (Å²) >= 11 is 0. The fourth-order valence-corrected chi connectivity index (χ4v) is 2.85. The molecule has 0 heterocycles. The lowest BCUT2D eigenvalue weighted by atomic mass is 10.0. The van der Waals surface area contributed by atoms with Crippen LogP contribution in [0.1, 0.15) is 71.1 Å². The molecule has 1 fully saturated rings. The molecule has 1 aliphatic rings. The van der Waals surface area contributed by atoms with Crippen LogP contribution < -0.4 is 11.1 Å². The van der Waals surface area contributed by atoms with E-state index in [9.17, 15) is 4.79 Å². The Bertz CT molecular complexity index is 231. The lowest BCUT2D eigenvalue weighted by Crippen LogP contribution is -2.39. The number of hydrogen-bond donors (Lipinski definition) is 2. The minimum Gasteiger partial charge on any atom is -0.353 e. The average Bonchev–Trinajstić information content (AvgIpc) is 2.80. The summed E-state index contributed by atoms with van der Waals surface area (Å²) in [5, 5.41) is 3.16. The van der Waals surface area contributed by atoms with Crippen LogP contribution in [0.3, 0.4) is 0 Å². The predicted molar refractivity (Wildman–Crippen MR) is 76.3 cm³/mol. The van der Waals surface area contributed by atoms with Gasteiger partial charge < -0.3 is 11.1 Å². The van der Waals surface area contributed by atoms with Crippen molar-refractivity contribution in [3.05, 3.63) is 0 Å². The molecule has 3 N–H and O–H groups in total. The maximum atomic E-state index is 11.8. The molecular formula is C15H30N2O. The highest BCUT2D eigenvalue weighted by molar-refractivity contribution is 5.76. The van der Waals surface area contributed by atoms with Crippen molar-refractivity contribution in [2.75, 3.05) is 6.54 Å². The van der Waals surface area contributed by atoms with Gasteiger partial charge in [0.15, 0.2) is 0 Å². The number of nitrogens with two attached hydrogens (primary N) is 1. The number of amides is 1. The molecule has 0 aliphatic heterocycles. The number of unbranched alkanes of at least 4 members (excludes halogenated alkanes) is 5. The zero-order chi connectivity index (χ0) is 13.2. The van der Waals surface area contributed by atoms with Gasteiger partial charge in [0.05, 0.1) is 0 Å². The van der Waals surface area contributed by atoms with E-state index in [1.54, 1.807) is 0 Å². The van der Waals surface area contributed by atoms with Gasteiger partial charge in [-0.3, -0.25) is 4.79 Å². The Hall–Kier alpha value is -0.570. The van der Waals surface area contributed by atoms with Crippen LogP contribution in [0.4, 0.5) is 0 Å². The third-order valence-electron chi connectivity index (χ3n) is 4.07. The molecule has 1 aliphatic carbocycles. The Labute approximate surface area is 112 Å². The number of carbonyl (C=O) groups is 1.